The Balaban J connectivity index is 2.15. The van der Waals surface area contributed by atoms with Gasteiger partial charge in [0.1, 0.15) is 36.1 Å². The third kappa shape index (κ3) is 4.78. The lowest BCUT2D eigenvalue weighted by atomic mass is 9.99. The fraction of sp³-hybridized carbons (Fsp3) is 0.300. The van der Waals surface area contributed by atoms with E-state index >= 15 is 0 Å². The van der Waals surface area contributed by atoms with E-state index in [-0.39, 0.29) is 34.6 Å². The average molecular weight is 356 g/mol. The standard InChI is InChI=1S/C20H18F2N2O2/c1-2-3-6-25-7-8-26-17-10-18(21)20(19(22)11-17)14-4-5-15(12-23)16(9-14)13-24/h4-5,9-11H,2-3,6-8H2,1H3. The second kappa shape index (κ2) is 9.50. The molecule has 2 aromatic carbocycles. The number of hydrogen-bond acceptors (Lipinski definition) is 4. The SMILES string of the molecule is CCCCOCCOc1cc(F)c(-c2ccc(C#N)c(C#N)c2)c(F)c1. The summed E-state index contributed by atoms with van der Waals surface area (Å²) >= 11 is 0. The lowest BCUT2D eigenvalue weighted by molar-refractivity contribution is 0.0978. The summed E-state index contributed by atoms with van der Waals surface area (Å²) in [6.07, 6.45) is 1.98. The van der Waals surface area contributed by atoms with E-state index in [2.05, 4.69) is 6.92 Å². The maximum atomic E-state index is 14.4. The molecule has 134 valence electrons. The highest BCUT2D eigenvalue weighted by Gasteiger charge is 2.15. The molecule has 0 radical (unpaired) electrons. The average Bonchev–Trinajstić information content (AvgIpc) is 2.63. The van der Waals surface area contributed by atoms with Gasteiger partial charge in [-0.3, -0.25) is 0 Å². The number of rotatable bonds is 8. The number of benzene rings is 2. The summed E-state index contributed by atoms with van der Waals surface area (Å²) in [7, 11) is 0. The Hall–Kier alpha value is -2.96. The molecule has 2 rings (SSSR count). The van der Waals surface area contributed by atoms with E-state index in [0.717, 1.165) is 25.0 Å². The Morgan fingerprint density at radius 3 is 2.23 bits per heavy atom. The van der Waals surface area contributed by atoms with Gasteiger partial charge in [0.25, 0.3) is 0 Å². The number of hydrogen-bond donors (Lipinski definition) is 0. The first-order valence-electron chi connectivity index (χ1n) is 8.25. The molecule has 0 saturated heterocycles. The van der Waals surface area contributed by atoms with Crippen molar-refractivity contribution in [2.75, 3.05) is 19.8 Å². The number of nitrogens with zero attached hydrogens (tertiary/aromatic N) is 2. The van der Waals surface area contributed by atoms with Crippen LogP contribution in [0, 0.1) is 34.3 Å². The third-order valence-corrected chi connectivity index (χ3v) is 3.70. The first-order chi connectivity index (χ1) is 12.6. The fourth-order valence-electron chi connectivity index (χ4n) is 2.37. The fourth-order valence-corrected chi connectivity index (χ4v) is 2.37. The van der Waals surface area contributed by atoms with Gasteiger partial charge in [0.15, 0.2) is 0 Å². The molecule has 0 spiro atoms. The maximum absolute atomic E-state index is 14.4. The quantitative estimate of drug-likeness (QED) is 0.650. The number of ether oxygens (including phenoxy) is 2. The summed E-state index contributed by atoms with van der Waals surface area (Å²) in [6.45, 7) is 3.21. The molecule has 0 fully saturated rings. The molecular formula is C20H18F2N2O2. The summed E-state index contributed by atoms with van der Waals surface area (Å²) < 4.78 is 39.4. The van der Waals surface area contributed by atoms with Crippen molar-refractivity contribution >= 4 is 0 Å². The first-order valence-corrected chi connectivity index (χ1v) is 8.25. The van der Waals surface area contributed by atoms with Crippen LogP contribution in [0.4, 0.5) is 8.78 Å². The summed E-state index contributed by atoms with van der Waals surface area (Å²) in [6, 6.07) is 9.96. The van der Waals surface area contributed by atoms with E-state index in [4.69, 9.17) is 20.0 Å². The molecule has 0 aromatic heterocycles. The van der Waals surface area contributed by atoms with Crippen LogP contribution in [0.5, 0.6) is 5.75 Å². The minimum absolute atomic E-state index is 0.0633. The van der Waals surface area contributed by atoms with Gasteiger partial charge in [-0.05, 0) is 24.1 Å². The second-order valence-electron chi connectivity index (χ2n) is 5.56. The van der Waals surface area contributed by atoms with Gasteiger partial charge < -0.3 is 9.47 Å². The van der Waals surface area contributed by atoms with Crippen molar-refractivity contribution in [1.29, 1.82) is 10.5 Å². The van der Waals surface area contributed by atoms with E-state index in [1.165, 1.54) is 18.2 Å². The van der Waals surface area contributed by atoms with Gasteiger partial charge in [-0.25, -0.2) is 8.78 Å². The summed E-state index contributed by atoms with van der Waals surface area (Å²) in [5.74, 6) is -1.54. The highest BCUT2D eigenvalue weighted by atomic mass is 19.1. The van der Waals surface area contributed by atoms with Crippen molar-refractivity contribution in [3.8, 4) is 29.0 Å². The Labute approximate surface area is 151 Å². The molecule has 26 heavy (non-hydrogen) atoms. The predicted molar refractivity (Wildman–Crippen MR) is 92.4 cm³/mol. The zero-order chi connectivity index (χ0) is 18.9. The van der Waals surface area contributed by atoms with Crippen molar-refractivity contribution in [2.24, 2.45) is 0 Å². The van der Waals surface area contributed by atoms with Crippen molar-refractivity contribution in [1.82, 2.24) is 0 Å². The molecule has 2 aromatic rings. The molecule has 0 aliphatic heterocycles. The van der Waals surface area contributed by atoms with Gasteiger partial charge >= 0.3 is 0 Å². The van der Waals surface area contributed by atoms with Crippen molar-refractivity contribution in [3.63, 3.8) is 0 Å². The molecule has 0 atom stereocenters. The normalized spacial score (nSPS) is 10.2. The zero-order valence-electron chi connectivity index (χ0n) is 14.4. The molecule has 0 heterocycles. The van der Waals surface area contributed by atoms with E-state index in [9.17, 15) is 8.78 Å². The largest absolute Gasteiger partial charge is 0.491 e. The maximum Gasteiger partial charge on any atom is 0.137 e. The molecule has 0 N–H and O–H groups in total. The number of halogens is 2. The van der Waals surface area contributed by atoms with Crippen LogP contribution in [-0.2, 0) is 4.74 Å². The van der Waals surface area contributed by atoms with Crippen LogP contribution in [-0.4, -0.2) is 19.8 Å². The third-order valence-electron chi connectivity index (χ3n) is 3.70. The Bertz CT molecular complexity index is 831. The van der Waals surface area contributed by atoms with Crippen molar-refractivity contribution in [2.45, 2.75) is 19.8 Å². The van der Waals surface area contributed by atoms with E-state index in [1.807, 2.05) is 12.1 Å². The van der Waals surface area contributed by atoms with E-state index < -0.39 is 11.6 Å². The molecule has 4 nitrogen and oxygen atoms in total. The van der Waals surface area contributed by atoms with Crippen LogP contribution in [0.1, 0.15) is 30.9 Å². The van der Waals surface area contributed by atoms with Gasteiger partial charge in [0.05, 0.1) is 23.3 Å². The number of nitriles is 2. The molecule has 6 heteroatoms. The molecule has 0 unspecified atom stereocenters. The van der Waals surface area contributed by atoms with Gasteiger partial charge in [-0.1, -0.05) is 19.4 Å². The lowest BCUT2D eigenvalue weighted by Crippen LogP contribution is -2.08. The van der Waals surface area contributed by atoms with Gasteiger partial charge in [0.2, 0.25) is 0 Å². The monoisotopic (exact) mass is 356 g/mol. The van der Waals surface area contributed by atoms with Gasteiger partial charge in [-0.15, -0.1) is 0 Å². The molecule has 0 bridgehead atoms. The minimum Gasteiger partial charge on any atom is -0.491 e. The van der Waals surface area contributed by atoms with Crippen molar-refractivity contribution < 1.29 is 18.3 Å². The Morgan fingerprint density at radius 2 is 1.62 bits per heavy atom. The van der Waals surface area contributed by atoms with Crippen LogP contribution in [0.3, 0.4) is 0 Å². The molecular weight excluding hydrogens is 338 g/mol. The Kier molecular flexibility index (Phi) is 7.08. The molecule has 0 saturated carbocycles. The highest BCUT2D eigenvalue weighted by Crippen LogP contribution is 2.31. The molecule has 0 amide bonds. The summed E-state index contributed by atoms with van der Waals surface area (Å²) in [5, 5.41) is 18.0. The van der Waals surface area contributed by atoms with Crippen LogP contribution < -0.4 is 4.74 Å². The topological polar surface area (TPSA) is 66.0 Å². The minimum atomic E-state index is -0.805. The summed E-state index contributed by atoms with van der Waals surface area (Å²) in [5.41, 5.74) is 0.135. The first kappa shape index (κ1) is 19.4. The van der Waals surface area contributed by atoms with Gasteiger partial charge in [-0.2, -0.15) is 10.5 Å². The summed E-state index contributed by atoms with van der Waals surface area (Å²) in [4.78, 5) is 0. The van der Waals surface area contributed by atoms with Crippen LogP contribution >= 0.6 is 0 Å². The lowest BCUT2D eigenvalue weighted by Gasteiger charge is -2.11. The molecule has 0 aliphatic rings. The zero-order valence-corrected chi connectivity index (χ0v) is 14.4. The van der Waals surface area contributed by atoms with Crippen LogP contribution in [0.2, 0.25) is 0 Å². The van der Waals surface area contributed by atoms with Crippen LogP contribution in [0.25, 0.3) is 11.1 Å². The van der Waals surface area contributed by atoms with Crippen LogP contribution in [0.15, 0.2) is 30.3 Å². The highest BCUT2D eigenvalue weighted by molar-refractivity contribution is 5.69. The number of unbranched alkanes of at least 4 members (excludes halogenated alkanes) is 1. The molecule has 0 aliphatic carbocycles. The second-order valence-corrected chi connectivity index (χ2v) is 5.56. The van der Waals surface area contributed by atoms with Gasteiger partial charge in [0, 0.05) is 18.7 Å². The van der Waals surface area contributed by atoms with Crippen molar-refractivity contribution in [3.05, 3.63) is 53.1 Å². The smallest absolute Gasteiger partial charge is 0.137 e. The van der Waals surface area contributed by atoms with E-state index in [1.54, 1.807) is 0 Å². The predicted octanol–water partition coefficient (Wildman–Crippen LogP) is 4.57. The van der Waals surface area contributed by atoms with E-state index in [0.29, 0.717) is 13.2 Å². The Morgan fingerprint density at radius 1 is 0.923 bits per heavy atom.